The van der Waals surface area contributed by atoms with Crippen molar-refractivity contribution in [3.8, 4) is 0 Å². The molecule has 3 nitrogen and oxygen atoms in total. The van der Waals surface area contributed by atoms with Gasteiger partial charge in [0.2, 0.25) is 5.91 Å². The molecule has 0 aromatic heterocycles. The average Bonchev–Trinajstić information content (AvgIpc) is 2.30. The van der Waals surface area contributed by atoms with Gasteiger partial charge in [0.25, 0.3) is 0 Å². The van der Waals surface area contributed by atoms with Crippen molar-refractivity contribution in [3.63, 3.8) is 0 Å². The topological polar surface area (TPSA) is 37.4 Å². The molecule has 0 aromatic carbocycles. The maximum Gasteiger partial charge on any atom is 0.225 e. The first-order chi connectivity index (χ1) is 7.22. The maximum absolute atomic E-state index is 12.0. The molecule has 3 heteroatoms. The highest BCUT2D eigenvalue weighted by Crippen LogP contribution is 2.19. The van der Waals surface area contributed by atoms with E-state index in [-0.39, 0.29) is 17.7 Å². The summed E-state index contributed by atoms with van der Waals surface area (Å²) in [6, 6.07) is 0. The van der Waals surface area contributed by atoms with Crippen molar-refractivity contribution in [2.45, 2.75) is 39.5 Å². The van der Waals surface area contributed by atoms with Crippen LogP contribution in [0.1, 0.15) is 39.5 Å². The van der Waals surface area contributed by atoms with Gasteiger partial charge in [-0.05, 0) is 25.7 Å². The molecule has 86 valence electrons. The lowest BCUT2D eigenvalue weighted by Gasteiger charge is -2.32. The SMILES string of the molecule is CCC(CC)C(=O)N1CCC(C=O)CC1. The summed E-state index contributed by atoms with van der Waals surface area (Å²) in [7, 11) is 0. The van der Waals surface area contributed by atoms with E-state index in [1.807, 2.05) is 4.90 Å². The fourth-order valence-corrected chi connectivity index (χ4v) is 2.15. The Morgan fingerprint density at radius 1 is 1.33 bits per heavy atom. The van der Waals surface area contributed by atoms with Crippen LogP contribution in [0.25, 0.3) is 0 Å². The zero-order chi connectivity index (χ0) is 11.3. The van der Waals surface area contributed by atoms with Crippen LogP contribution in [-0.4, -0.2) is 30.2 Å². The molecule has 1 saturated heterocycles. The Balaban J connectivity index is 2.45. The van der Waals surface area contributed by atoms with E-state index in [0.717, 1.165) is 45.1 Å². The second kappa shape index (κ2) is 5.89. The summed E-state index contributed by atoms with van der Waals surface area (Å²) in [6.45, 7) is 5.64. The molecule has 0 atom stereocenters. The number of aldehydes is 1. The fraction of sp³-hybridized carbons (Fsp3) is 0.833. The van der Waals surface area contributed by atoms with Crippen LogP contribution in [0.15, 0.2) is 0 Å². The number of carbonyl (C=O) groups is 2. The molecule has 0 bridgehead atoms. The molecule has 1 heterocycles. The predicted molar refractivity (Wildman–Crippen MR) is 59.4 cm³/mol. The number of hydrogen-bond donors (Lipinski definition) is 0. The van der Waals surface area contributed by atoms with Crippen molar-refractivity contribution < 1.29 is 9.59 Å². The maximum atomic E-state index is 12.0. The molecule has 1 rings (SSSR count). The largest absolute Gasteiger partial charge is 0.342 e. The quantitative estimate of drug-likeness (QED) is 0.666. The third-order valence-corrected chi connectivity index (χ3v) is 3.38. The summed E-state index contributed by atoms with van der Waals surface area (Å²) in [4.78, 5) is 24.5. The summed E-state index contributed by atoms with van der Waals surface area (Å²) >= 11 is 0. The summed E-state index contributed by atoms with van der Waals surface area (Å²) in [5.74, 6) is 0.637. The highest BCUT2D eigenvalue weighted by Gasteiger charge is 2.25. The first-order valence-corrected chi connectivity index (χ1v) is 5.97. The van der Waals surface area contributed by atoms with E-state index in [0.29, 0.717) is 0 Å². The zero-order valence-corrected chi connectivity index (χ0v) is 9.74. The zero-order valence-electron chi connectivity index (χ0n) is 9.74. The van der Waals surface area contributed by atoms with Crippen LogP contribution < -0.4 is 0 Å². The van der Waals surface area contributed by atoms with Gasteiger partial charge in [0, 0.05) is 24.9 Å². The first kappa shape index (κ1) is 12.2. The molecule has 0 spiro atoms. The minimum absolute atomic E-state index is 0.177. The average molecular weight is 211 g/mol. The van der Waals surface area contributed by atoms with Gasteiger partial charge in [0.05, 0.1) is 0 Å². The molecular formula is C12H21NO2. The molecule has 0 aromatic rings. The van der Waals surface area contributed by atoms with Crippen molar-refractivity contribution in [1.29, 1.82) is 0 Å². The van der Waals surface area contributed by atoms with Crippen LogP contribution in [0.3, 0.4) is 0 Å². The van der Waals surface area contributed by atoms with Crippen LogP contribution in [0.4, 0.5) is 0 Å². The Kier molecular flexibility index (Phi) is 4.79. The van der Waals surface area contributed by atoms with Crippen LogP contribution in [-0.2, 0) is 9.59 Å². The lowest BCUT2D eigenvalue weighted by atomic mass is 9.95. The number of likely N-dealkylation sites (tertiary alicyclic amines) is 1. The summed E-state index contributed by atoms with van der Waals surface area (Å²) in [5, 5.41) is 0. The third kappa shape index (κ3) is 3.05. The Morgan fingerprint density at radius 3 is 2.27 bits per heavy atom. The minimum atomic E-state index is 0.177. The fourth-order valence-electron chi connectivity index (χ4n) is 2.15. The van der Waals surface area contributed by atoms with E-state index in [2.05, 4.69) is 13.8 Å². The standard InChI is InChI=1S/C12H21NO2/c1-3-11(4-2)12(15)13-7-5-10(9-14)6-8-13/h9-11H,3-8H2,1-2H3. The van der Waals surface area contributed by atoms with Gasteiger partial charge in [-0.25, -0.2) is 0 Å². The number of piperidine rings is 1. The van der Waals surface area contributed by atoms with Crippen molar-refractivity contribution in [3.05, 3.63) is 0 Å². The summed E-state index contributed by atoms with van der Waals surface area (Å²) < 4.78 is 0. The molecular weight excluding hydrogens is 190 g/mol. The predicted octanol–water partition coefficient (Wildman–Crippen LogP) is 1.86. The summed E-state index contributed by atoms with van der Waals surface area (Å²) in [6.07, 6.45) is 4.55. The number of rotatable bonds is 4. The Hall–Kier alpha value is -0.860. The lowest BCUT2D eigenvalue weighted by Crippen LogP contribution is -2.41. The van der Waals surface area contributed by atoms with E-state index in [4.69, 9.17) is 0 Å². The second-order valence-electron chi connectivity index (χ2n) is 4.31. The first-order valence-electron chi connectivity index (χ1n) is 5.97. The van der Waals surface area contributed by atoms with Gasteiger partial charge in [0.1, 0.15) is 6.29 Å². The molecule has 0 radical (unpaired) electrons. The Labute approximate surface area is 91.8 Å². The van der Waals surface area contributed by atoms with Gasteiger partial charge < -0.3 is 9.69 Å². The summed E-state index contributed by atoms with van der Waals surface area (Å²) in [5.41, 5.74) is 0. The van der Waals surface area contributed by atoms with Crippen molar-refractivity contribution in [1.82, 2.24) is 4.90 Å². The monoisotopic (exact) mass is 211 g/mol. The van der Waals surface area contributed by atoms with E-state index in [1.54, 1.807) is 0 Å². The van der Waals surface area contributed by atoms with E-state index in [1.165, 1.54) is 0 Å². The van der Waals surface area contributed by atoms with E-state index in [9.17, 15) is 9.59 Å². The van der Waals surface area contributed by atoms with Crippen LogP contribution in [0, 0.1) is 11.8 Å². The van der Waals surface area contributed by atoms with Crippen LogP contribution >= 0.6 is 0 Å². The second-order valence-corrected chi connectivity index (χ2v) is 4.31. The highest BCUT2D eigenvalue weighted by atomic mass is 16.2. The van der Waals surface area contributed by atoms with Gasteiger partial charge in [-0.3, -0.25) is 4.79 Å². The van der Waals surface area contributed by atoms with Crippen molar-refractivity contribution in [2.75, 3.05) is 13.1 Å². The third-order valence-electron chi connectivity index (χ3n) is 3.38. The molecule has 1 amide bonds. The lowest BCUT2D eigenvalue weighted by molar-refractivity contribution is -0.137. The number of amides is 1. The van der Waals surface area contributed by atoms with Crippen molar-refractivity contribution >= 4 is 12.2 Å². The van der Waals surface area contributed by atoms with Crippen LogP contribution in [0.2, 0.25) is 0 Å². The van der Waals surface area contributed by atoms with Gasteiger partial charge in [-0.1, -0.05) is 13.8 Å². The Bertz CT molecular complexity index is 216. The van der Waals surface area contributed by atoms with Gasteiger partial charge >= 0.3 is 0 Å². The van der Waals surface area contributed by atoms with Crippen LogP contribution in [0.5, 0.6) is 0 Å². The van der Waals surface area contributed by atoms with Gasteiger partial charge in [-0.15, -0.1) is 0 Å². The molecule has 1 fully saturated rings. The Morgan fingerprint density at radius 2 is 1.87 bits per heavy atom. The molecule has 0 saturated carbocycles. The normalized spacial score (nSPS) is 18.2. The van der Waals surface area contributed by atoms with Gasteiger partial charge in [0.15, 0.2) is 0 Å². The minimum Gasteiger partial charge on any atom is -0.342 e. The number of nitrogens with zero attached hydrogens (tertiary/aromatic N) is 1. The molecule has 0 N–H and O–H groups in total. The molecule has 0 aliphatic carbocycles. The molecule has 0 unspecified atom stereocenters. The molecule has 1 aliphatic rings. The smallest absolute Gasteiger partial charge is 0.225 e. The molecule has 1 aliphatic heterocycles. The number of hydrogen-bond acceptors (Lipinski definition) is 2. The number of carbonyl (C=O) groups excluding carboxylic acids is 2. The van der Waals surface area contributed by atoms with Gasteiger partial charge in [-0.2, -0.15) is 0 Å². The van der Waals surface area contributed by atoms with Crippen molar-refractivity contribution in [2.24, 2.45) is 11.8 Å². The van der Waals surface area contributed by atoms with E-state index >= 15 is 0 Å². The van der Waals surface area contributed by atoms with E-state index < -0.39 is 0 Å². The highest BCUT2D eigenvalue weighted by molar-refractivity contribution is 5.79. The molecule has 15 heavy (non-hydrogen) atoms.